The zero-order valence-electron chi connectivity index (χ0n) is 13.9. The van der Waals surface area contributed by atoms with Gasteiger partial charge in [0.2, 0.25) is 12.0 Å². The molecular weight excluding hydrogens is 372 g/mol. The van der Waals surface area contributed by atoms with E-state index in [2.05, 4.69) is 5.16 Å². The number of oxime groups is 1. The first-order valence-corrected chi connectivity index (χ1v) is 7.99. The van der Waals surface area contributed by atoms with Crippen molar-refractivity contribution in [3.8, 4) is 0 Å². The van der Waals surface area contributed by atoms with Crippen LogP contribution in [0.3, 0.4) is 0 Å². The van der Waals surface area contributed by atoms with Crippen LogP contribution in [0.4, 0.5) is 17.1 Å². The van der Waals surface area contributed by atoms with Crippen LogP contribution in [0, 0.1) is 26.1 Å². The lowest BCUT2D eigenvalue weighted by molar-refractivity contribution is -0.385. The largest absolute Gasteiger partial charge is 0.381 e. The Morgan fingerprint density at radius 3 is 2.25 bits per heavy atom. The zero-order chi connectivity index (χ0) is 20.0. The summed E-state index contributed by atoms with van der Waals surface area (Å²) in [5.41, 5.74) is -0.0519. The van der Waals surface area contributed by atoms with E-state index in [1.807, 2.05) is 0 Å². The lowest BCUT2D eigenvalue weighted by Crippen LogP contribution is -2.33. The smallest absolute Gasteiger partial charge is 0.278 e. The second kappa shape index (κ2) is 6.23. The molecule has 2 amide bonds. The van der Waals surface area contributed by atoms with Crippen molar-refractivity contribution in [2.45, 2.75) is 6.10 Å². The van der Waals surface area contributed by atoms with Gasteiger partial charge in [0.1, 0.15) is 11.6 Å². The van der Waals surface area contributed by atoms with E-state index >= 15 is 0 Å². The maximum Gasteiger partial charge on any atom is 0.278 e. The van der Waals surface area contributed by atoms with Gasteiger partial charge in [-0.25, -0.2) is 4.90 Å². The van der Waals surface area contributed by atoms with Gasteiger partial charge < -0.3 is 4.84 Å². The molecule has 28 heavy (non-hydrogen) atoms. The highest BCUT2D eigenvalue weighted by Crippen LogP contribution is 2.36. The maximum atomic E-state index is 12.9. The number of nitro benzene ring substituents is 2. The fourth-order valence-corrected chi connectivity index (χ4v) is 3.19. The lowest BCUT2D eigenvalue weighted by Gasteiger charge is -2.15. The van der Waals surface area contributed by atoms with Crippen molar-refractivity contribution in [3.05, 3.63) is 74.3 Å². The third kappa shape index (κ3) is 2.57. The van der Waals surface area contributed by atoms with Gasteiger partial charge >= 0.3 is 0 Å². The second-order valence-electron chi connectivity index (χ2n) is 6.08. The Morgan fingerprint density at radius 2 is 1.57 bits per heavy atom. The molecule has 4 rings (SSSR count). The Morgan fingerprint density at radius 1 is 0.929 bits per heavy atom. The van der Waals surface area contributed by atoms with Crippen molar-refractivity contribution >= 4 is 34.6 Å². The van der Waals surface area contributed by atoms with Crippen molar-refractivity contribution in [3.63, 3.8) is 0 Å². The SMILES string of the molecule is O=C1[C@H]2C(c3cccc([N+](=O)[O-])c3)=NO[C@@H]2C(=O)N1c1cccc([N+](=O)[O-])c1. The highest BCUT2D eigenvalue weighted by Gasteiger charge is 2.56. The maximum absolute atomic E-state index is 12.9. The first-order chi connectivity index (χ1) is 13.4. The number of rotatable bonds is 4. The number of anilines is 1. The number of benzene rings is 2. The molecule has 0 unspecified atom stereocenters. The first-order valence-electron chi connectivity index (χ1n) is 7.99. The van der Waals surface area contributed by atoms with Gasteiger partial charge in [0.25, 0.3) is 17.3 Å². The van der Waals surface area contributed by atoms with E-state index in [1.54, 1.807) is 0 Å². The molecule has 0 N–H and O–H groups in total. The Bertz CT molecular complexity index is 1080. The van der Waals surface area contributed by atoms with Crippen LogP contribution in [-0.4, -0.2) is 33.5 Å². The molecular formula is C17H10N4O7. The number of carbonyl (C=O) groups is 2. The summed E-state index contributed by atoms with van der Waals surface area (Å²) in [7, 11) is 0. The minimum Gasteiger partial charge on any atom is -0.381 e. The van der Waals surface area contributed by atoms with Crippen LogP contribution in [0.25, 0.3) is 0 Å². The van der Waals surface area contributed by atoms with E-state index in [-0.39, 0.29) is 28.3 Å². The van der Waals surface area contributed by atoms with Crippen LogP contribution in [0.15, 0.2) is 53.7 Å². The molecule has 0 spiro atoms. The summed E-state index contributed by atoms with van der Waals surface area (Å²) in [6, 6.07) is 10.6. The van der Waals surface area contributed by atoms with Gasteiger partial charge in [-0.3, -0.25) is 29.8 Å². The number of amides is 2. The lowest BCUT2D eigenvalue weighted by atomic mass is 9.94. The number of carbonyl (C=O) groups excluding carboxylic acids is 2. The van der Waals surface area contributed by atoms with Gasteiger partial charge in [-0.15, -0.1) is 0 Å². The Balaban J connectivity index is 1.70. The topological polar surface area (TPSA) is 145 Å². The van der Waals surface area contributed by atoms with Crippen LogP contribution in [-0.2, 0) is 14.4 Å². The minimum atomic E-state index is -1.22. The normalized spacial score (nSPS) is 20.6. The molecule has 11 nitrogen and oxygen atoms in total. The van der Waals surface area contributed by atoms with Gasteiger partial charge in [0.15, 0.2) is 0 Å². The van der Waals surface area contributed by atoms with Crippen molar-refractivity contribution in [1.29, 1.82) is 0 Å². The minimum absolute atomic E-state index is 0.0422. The average molecular weight is 382 g/mol. The predicted molar refractivity (Wildman–Crippen MR) is 93.6 cm³/mol. The Labute approximate surface area is 156 Å². The molecule has 0 bridgehead atoms. The zero-order valence-corrected chi connectivity index (χ0v) is 13.9. The Kier molecular flexibility index (Phi) is 3.84. The molecule has 140 valence electrons. The van der Waals surface area contributed by atoms with E-state index < -0.39 is 33.7 Å². The number of nitrogens with zero attached hydrogens (tertiary/aromatic N) is 4. The molecule has 0 radical (unpaired) electrons. The molecule has 0 saturated carbocycles. The first kappa shape index (κ1) is 17.3. The average Bonchev–Trinajstić information content (AvgIpc) is 3.22. The van der Waals surface area contributed by atoms with E-state index in [4.69, 9.17) is 4.84 Å². The fraction of sp³-hybridized carbons (Fsp3) is 0.118. The fourth-order valence-electron chi connectivity index (χ4n) is 3.19. The molecule has 0 aliphatic carbocycles. The highest BCUT2D eigenvalue weighted by molar-refractivity contribution is 6.32. The summed E-state index contributed by atoms with van der Waals surface area (Å²) in [6.45, 7) is 0. The van der Waals surface area contributed by atoms with Crippen molar-refractivity contribution in [2.24, 2.45) is 11.1 Å². The summed E-state index contributed by atoms with van der Waals surface area (Å²) in [6.07, 6.45) is -1.22. The molecule has 2 aromatic rings. The molecule has 2 aliphatic heterocycles. The van der Waals surface area contributed by atoms with E-state index in [9.17, 15) is 29.8 Å². The summed E-state index contributed by atoms with van der Waals surface area (Å²) >= 11 is 0. The van der Waals surface area contributed by atoms with E-state index in [0.717, 1.165) is 11.0 Å². The third-order valence-electron chi connectivity index (χ3n) is 4.46. The van der Waals surface area contributed by atoms with E-state index in [1.165, 1.54) is 42.5 Å². The number of hydrogen-bond acceptors (Lipinski definition) is 8. The summed E-state index contributed by atoms with van der Waals surface area (Å²) in [4.78, 5) is 52.3. The molecule has 0 aromatic heterocycles. The van der Waals surface area contributed by atoms with E-state index in [0.29, 0.717) is 0 Å². The molecule has 2 heterocycles. The van der Waals surface area contributed by atoms with Gasteiger partial charge in [-0.05, 0) is 6.07 Å². The molecule has 1 fully saturated rings. The summed E-state index contributed by atoms with van der Waals surface area (Å²) in [5.74, 6) is -2.47. The molecule has 2 atom stereocenters. The van der Waals surface area contributed by atoms with Gasteiger partial charge in [0.05, 0.1) is 15.5 Å². The van der Waals surface area contributed by atoms with Crippen molar-refractivity contribution in [2.75, 3.05) is 4.90 Å². The molecule has 1 saturated heterocycles. The molecule has 2 aliphatic rings. The van der Waals surface area contributed by atoms with Crippen LogP contribution < -0.4 is 4.90 Å². The van der Waals surface area contributed by atoms with Crippen LogP contribution in [0.2, 0.25) is 0 Å². The van der Waals surface area contributed by atoms with Gasteiger partial charge in [-0.2, -0.15) is 0 Å². The van der Waals surface area contributed by atoms with Crippen LogP contribution in [0.5, 0.6) is 0 Å². The number of non-ortho nitro benzene ring substituents is 2. The number of imide groups is 1. The number of hydrogen-bond donors (Lipinski definition) is 0. The monoisotopic (exact) mass is 382 g/mol. The number of nitro groups is 2. The molecule has 2 aromatic carbocycles. The van der Waals surface area contributed by atoms with Crippen molar-refractivity contribution < 1.29 is 24.3 Å². The van der Waals surface area contributed by atoms with Gasteiger partial charge in [0, 0.05) is 29.8 Å². The van der Waals surface area contributed by atoms with Gasteiger partial charge in [-0.1, -0.05) is 23.4 Å². The standard InChI is InChI=1S/C17H10N4O7/c22-16-13-14(9-3-1-5-11(7-9)20(24)25)18-28-15(13)17(23)19(16)10-4-2-6-12(8-10)21(26)27/h1-8,13,15H/t13-,15-/m0/s1. The summed E-state index contributed by atoms with van der Waals surface area (Å²) < 4.78 is 0. The summed E-state index contributed by atoms with van der Waals surface area (Å²) in [5, 5.41) is 25.7. The Hall–Kier alpha value is -4.15. The van der Waals surface area contributed by atoms with Crippen LogP contribution in [0.1, 0.15) is 5.56 Å². The third-order valence-corrected chi connectivity index (χ3v) is 4.46. The predicted octanol–water partition coefficient (Wildman–Crippen LogP) is 1.80. The highest BCUT2D eigenvalue weighted by atomic mass is 16.7. The quantitative estimate of drug-likeness (QED) is 0.445. The van der Waals surface area contributed by atoms with Crippen molar-refractivity contribution in [1.82, 2.24) is 0 Å². The van der Waals surface area contributed by atoms with Crippen LogP contribution >= 0.6 is 0 Å². The number of fused-ring (bicyclic) bond motifs is 1. The second-order valence-corrected chi connectivity index (χ2v) is 6.08. The molecule has 11 heteroatoms.